The Labute approximate surface area is 214 Å². The summed E-state index contributed by atoms with van der Waals surface area (Å²) in [4.78, 5) is 31.4. The molecule has 3 aromatic heterocycles. The molecule has 190 valence electrons. The van der Waals surface area contributed by atoms with Gasteiger partial charge < -0.3 is 5.32 Å². The van der Waals surface area contributed by atoms with Crippen LogP contribution in [0, 0.1) is 18.8 Å². The molecule has 38 heavy (non-hydrogen) atoms. The van der Waals surface area contributed by atoms with Crippen LogP contribution in [-0.2, 0) is 0 Å². The highest BCUT2D eigenvalue weighted by molar-refractivity contribution is 6.01. The van der Waals surface area contributed by atoms with Crippen LogP contribution in [-0.4, -0.2) is 31.2 Å². The van der Waals surface area contributed by atoms with E-state index in [-0.39, 0.29) is 10.9 Å². The Balaban J connectivity index is 1.66. The SMILES string of the molecule is Cc1nn2cccnc2c1C(=O)N[C@H](C)c1cc2cccc(C#CC(F)(F)F)c2c(=O)n1-c1ccccc1. The molecule has 7 nitrogen and oxygen atoms in total. The lowest BCUT2D eigenvalue weighted by Crippen LogP contribution is -2.32. The fraction of sp³-hybridized carbons (Fsp3) is 0.143. The molecule has 0 aliphatic rings. The van der Waals surface area contributed by atoms with Crippen molar-refractivity contribution in [3.8, 4) is 17.5 Å². The van der Waals surface area contributed by atoms with Crippen LogP contribution in [0.15, 0.2) is 77.9 Å². The van der Waals surface area contributed by atoms with E-state index < -0.39 is 23.7 Å². The van der Waals surface area contributed by atoms with E-state index in [2.05, 4.69) is 21.3 Å². The highest BCUT2D eigenvalue weighted by atomic mass is 19.4. The average molecular weight is 515 g/mol. The Morgan fingerprint density at radius 3 is 2.58 bits per heavy atom. The zero-order chi connectivity index (χ0) is 27.0. The van der Waals surface area contributed by atoms with Crippen LogP contribution >= 0.6 is 0 Å². The van der Waals surface area contributed by atoms with Crippen molar-refractivity contribution in [2.45, 2.75) is 26.1 Å². The van der Waals surface area contributed by atoms with E-state index >= 15 is 0 Å². The minimum atomic E-state index is -4.70. The molecule has 3 heterocycles. The molecule has 5 rings (SSSR count). The summed E-state index contributed by atoms with van der Waals surface area (Å²) in [5.74, 6) is 2.91. The zero-order valence-electron chi connectivity index (χ0n) is 20.2. The third-order valence-corrected chi connectivity index (χ3v) is 6.02. The average Bonchev–Trinajstić information content (AvgIpc) is 3.23. The second kappa shape index (κ2) is 9.52. The number of amides is 1. The molecule has 10 heteroatoms. The number of aromatic nitrogens is 4. The van der Waals surface area contributed by atoms with Gasteiger partial charge in [0.25, 0.3) is 11.5 Å². The molecule has 5 aromatic rings. The van der Waals surface area contributed by atoms with Crippen LogP contribution in [0.25, 0.3) is 22.1 Å². The van der Waals surface area contributed by atoms with Gasteiger partial charge in [0.05, 0.1) is 17.1 Å². The van der Waals surface area contributed by atoms with Gasteiger partial charge in [-0.15, -0.1) is 0 Å². The van der Waals surface area contributed by atoms with E-state index in [1.165, 1.54) is 27.1 Å². The molecule has 0 aliphatic heterocycles. The number of hydrogen-bond donors (Lipinski definition) is 1. The van der Waals surface area contributed by atoms with Crippen molar-refractivity contribution >= 4 is 22.3 Å². The Morgan fingerprint density at radius 2 is 1.84 bits per heavy atom. The first-order chi connectivity index (χ1) is 18.1. The number of alkyl halides is 3. The molecule has 0 spiro atoms. The molecule has 1 atom stereocenters. The number of benzene rings is 2. The minimum absolute atomic E-state index is 0.0363. The molecule has 0 saturated heterocycles. The van der Waals surface area contributed by atoms with Crippen molar-refractivity contribution in [3.63, 3.8) is 0 Å². The minimum Gasteiger partial charge on any atom is -0.344 e. The summed E-state index contributed by atoms with van der Waals surface area (Å²) in [5.41, 5.74) is 1.52. The van der Waals surface area contributed by atoms with Gasteiger partial charge in [-0.3, -0.25) is 14.2 Å². The van der Waals surface area contributed by atoms with Crippen molar-refractivity contribution in [1.29, 1.82) is 0 Å². The predicted octanol–water partition coefficient (Wildman–Crippen LogP) is 4.75. The number of aryl methyl sites for hydroxylation is 1. The quantitative estimate of drug-likeness (QED) is 0.351. The third-order valence-electron chi connectivity index (χ3n) is 6.02. The van der Waals surface area contributed by atoms with E-state index in [1.807, 2.05) is 0 Å². The highest BCUT2D eigenvalue weighted by Gasteiger charge is 2.25. The van der Waals surface area contributed by atoms with Gasteiger partial charge >= 0.3 is 6.18 Å². The lowest BCUT2D eigenvalue weighted by molar-refractivity contribution is -0.0696. The van der Waals surface area contributed by atoms with Gasteiger partial charge in [0.2, 0.25) is 0 Å². The van der Waals surface area contributed by atoms with Crippen LogP contribution in [0.1, 0.15) is 40.3 Å². The topological polar surface area (TPSA) is 81.3 Å². The predicted molar refractivity (Wildman–Crippen MR) is 136 cm³/mol. The molecule has 2 aromatic carbocycles. The Bertz CT molecular complexity index is 1810. The second-order valence-corrected chi connectivity index (χ2v) is 8.61. The van der Waals surface area contributed by atoms with Crippen molar-refractivity contribution in [1.82, 2.24) is 24.5 Å². The van der Waals surface area contributed by atoms with E-state index in [1.54, 1.807) is 74.8 Å². The summed E-state index contributed by atoms with van der Waals surface area (Å²) in [7, 11) is 0. The number of fused-ring (bicyclic) bond motifs is 2. The first kappa shape index (κ1) is 24.8. The van der Waals surface area contributed by atoms with Gasteiger partial charge in [0, 0.05) is 35.3 Å². The van der Waals surface area contributed by atoms with Gasteiger partial charge in [-0.2, -0.15) is 18.3 Å². The van der Waals surface area contributed by atoms with Crippen molar-refractivity contribution < 1.29 is 18.0 Å². The number of carbonyl (C=O) groups is 1. The van der Waals surface area contributed by atoms with E-state index in [0.717, 1.165) is 0 Å². The molecule has 0 fully saturated rings. The first-order valence-electron chi connectivity index (χ1n) is 11.6. The molecule has 1 amide bonds. The summed E-state index contributed by atoms with van der Waals surface area (Å²) in [6, 6.07) is 15.9. The molecular weight excluding hydrogens is 495 g/mol. The maximum Gasteiger partial charge on any atom is 0.458 e. The number of nitrogens with zero attached hydrogens (tertiary/aromatic N) is 4. The summed E-state index contributed by atoms with van der Waals surface area (Å²) in [5, 5.41) is 7.71. The molecule has 0 radical (unpaired) electrons. The Morgan fingerprint density at radius 1 is 1.08 bits per heavy atom. The summed E-state index contributed by atoms with van der Waals surface area (Å²) >= 11 is 0. The van der Waals surface area contributed by atoms with Crippen LogP contribution in [0.5, 0.6) is 0 Å². The maximum absolute atomic E-state index is 13.8. The lowest BCUT2D eigenvalue weighted by Gasteiger charge is -2.21. The van der Waals surface area contributed by atoms with Crippen LogP contribution in [0.2, 0.25) is 0 Å². The van der Waals surface area contributed by atoms with E-state index in [9.17, 15) is 22.8 Å². The number of carbonyl (C=O) groups excluding carboxylic acids is 1. The molecule has 0 saturated carbocycles. The molecule has 0 aliphatic carbocycles. The highest BCUT2D eigenvalue weighted by Crippen LogP contribution is 2.24. The van der Waals surface area contributed by atoms with Crippen LogP contribution in [0.4, 0.5) is 13.2 Å². The van der Waals surface area contributed by atoms with Gasteiger partial charge in [-0.1, -0.05) is 36.3 Å². The fourth-order valence-corrected chi connectivity index (χ4v) is 4.39. The van der Waals surface area contributed by atoms with Crippen LogP contribution in [0.3, 0.4) is 0 Å². The zero-order valence-corrected chi connectivity index (χ0v) is 20.2. The Kier molecular flexibility index (Phi) is 6.20. The summed E-state index contributed by atoms with van der Waals surface area (Å²) in [6.45, 7) is 3.42. The number of hydrogen-bond acceptors (Lipinski definition) is 4. The number of para-hydroxylation sites is 1. The summed E-state index contributed by atoms with van der Waals surface area (Å²) < 4.78 is 41.3. The fourth-order valence-electron chi connectivity index (χ4n) is 4.39. The van der Waals surface area contributed by atoms with E-state index in [0.29, 0.717) is 33.7 Å². The van der Waals surface area contributed by atoms with Crippen molar-refractivity contribution in [2.75, 3.05) is 0 Å². The normalized spacial score (nSPS) is 12.2. The van der Waals surface area contributed by atoms with E-state index in [4.69, 9.17) is 0 Å². The smallest absolute Gasteiger partial charge is 0.344 e. The van der Waals surface area contributed by atoms with Gasteiger partial charge in [0.1, 0.15) is 5.56 Å². The second-order valence-electron chi connectivity index (χ2n) is 8.61. The summed E-state index contributed by atoms with van der Waals surface area (Å²) in [6.07, 6.45) is -1.46. The number of pyridine rings is 1. The molecular formula is C28H20F3N5O2. The third kappa shape index (κ3) is 4.62. The largest absolute Gasteiger partial charge is 0.458 e. The lowest BCUT2D eigenvalue weighted by atomic mass is 10.0. The van der Waals surface area contributed by atoms with Crippen molar-refractivity contribution in [3.05, 3.63) is 106 Å². The number of nitrogens with one attached hydrogen (secondary N) is 1. The number of halogens is 3. The molecule has 1 N–H and O–H groups in total. The van der Waals surface area contributed by atoms with Crippen LogP contribution < -0.4 is 10.9 Å². The van der Waals surface area contributed by atoms with Gasteiger partial charge in [-0.25, -0.2) is 9.50 Å². The van der Waals surface area contributed by atoms with Gasteiger partial charge in [0.15, 0.2) is 5.65 Å². The first-order valence-corrected chi connectivity index (χ1v) is 11.6. The maximum atomic E-state index is 13.8. The number of rotatable bonds is 4. The Hall–Kier alpha value is -4.91. The monoisotopic (exact) mass is 515 g/mol. The molecule has 0 unspecified atom stereocenters. The molecule has 0 bridgehead atoms. The van der Waals surface area contributed by atoms with Gasteiger partial charge in [-0.05, 0) is 49.6 Å². The van der Waals surface area contributed by atoms with Crippen molar-refractivity contribution in [2.24, 2.45) is 0 Å². The standard InChI is InChI=1S/C28H20F3N5O2/c1-17(33-26(37)23-18(2)34-35-15-7-14-32-25(23)35)22-16-20-9-6-8-19(12-13-28(29,30)31)24(20)27(38)36(22)21-10-4-3-5-11-21/h3-11,14-17H,1-2H3,(H,33,37)/t17-/m1/s1.